The number of ketones is 1. The topological polar surface area (TPSA) is 26.3 Å². The lowest BCUT2D eigenvalue weighted by Gasteiger charge is -2.32. The molecule has 92 valence electrons. The summed E-state index contributed by atoms with van der Waals surface area (Å²) in [6, 6.07) is 4.92. The average molecular weight is 273 g/mol. The van der Waals surface area contributed by atoms with Crippen molar-refractivity contribution in [1.29, 1.82) is 0 Å². The van der Waals surface area contributed by atoms with Crippen molar-refractivity contribution in [3.63, 3.8) is 0 Å². The van der Waals surface area contributed by atoms with Crippen molar-refractivity contribution in [1.82, 2.24) is 0 Å². The van der Waals surface area contributed by atoms with Crippen molar-refractivity contribution < 1.29 is 9.53 Å². The molecule has 2 nitrogen and oxygen atoms in total. The van der Waals surface area contributed by atoms with Crippen molar-refractivity contribution in [2.45, 2.75) is 31.8 Å². The van der Waals surface area contributed by atoms with E-state index in [-0.39, 0.29) is 5.78 Å². The molecule has 1 unspecified atom stereocenters. The van der Waals surface area contributed by atoms with Gasteiger partial charge in [-0.2, -0.15) is 0 Å². The minimum absolute atomic E-state index is 0.0790. The Balaban J connectivity index is 2.32. The Morgan fingerprint density at radius 3 is 2.76 bits per heavy atom. The fourth-order valence-corrected chi connectivity index (χ4v) is 2.44. The predicted octanol–water partition coefficient (Wildman–Crippen LogP) is 4.14. The molecule has 1 aromatic carbocycles. The first kappa shape index (κ1) is 12.9. The van der Waals surface area contributed by atoms with E-state index in [0.717, 1.165) is 19.3 Å². The van der Waals surface area contributed by atoms with Crippen LogP contribution in [-0.2, 0) is 4.74 Å². The van der Waals surface area contributed by atoms with E-state index in [1.54, 1.807) is 18.2 Å². The van der Waals surface area contributed by atoms with Crippen molar-refractivity contribution in [2.24, 2.45) is 0 Å². The molecule has 1 fully saturated rings. The number of hydrogen-bond acceptors (Lipinski definition) is 2. The third kappa shape index (κ3) is 2.65. The van der Waals surface area contributed by atoms with Crippen LogP contribution in [0.1, 0.15) is 36.5 Å². The van der Waals surface area contributed by atoms with Crippen LogP contribution in [0.2, 0.25) is 10.0 Å². The first-order chi connectivity index (χ1) is 8.03. The van der Waals surface area contributed by atoms with Crippen LogP contribution in [0.4, 0.5) is 0 Å². The van der Waals surface area contributed by atoms with Gasteiger partial charge in [-0.3, -0.25) is 4.79 Å². The number of hydrogen-bond donors (Lipinski definition) is 0. The monoisotopic (exact) mass is 272 g/mol. The van der Waals surface area contributed by atoms with Gasteiger partial charge in [0, 0.05) is 17.2 Å². The van der Waals surface area contributed by atoms with Crippen LogP contribution >= 0.6 is 23.2 Å². The van der Waals surface area contributed by atoms with Gasteiger partial charge in [-0.1, -0.05) is 23.2 Å². The summed E-state index contributed by atoms with van der Waals surface area (Å²) in [6.07, 6.45) is 2.74. The molecule has 0 spiro atoms. The van der Waals surface area contributed by atoms with Crippen molar-refractivity contribution in [3.8, 4) is 0 Å². The zero-order chi connectivity index (χ0) is 12.5. The van der Waals surface area contributed by atoms with Crippen LogP contribution in [0, 0.1) is 0 Å². The molecule has 1 atom stereocenters. The number of Topliss-reactive ketones (excluding diaryl/α,β-unsaturated/α-hetero) is 1. The summed E-state index contributed by atoms with van der Waals surface area (Å²) in [5.41, 5.74) is -0.310. The highest BCUT2D eigenvalue weighted by molar-refractivity contribution is 6.36. The van der Waals surface area contributed by atoms with E-state index in [0.29, 0.717) is 22.2 Å². The van der Waals surface area contributed by atoms with Crippen LogP contribution in [0.5, 0.6) is 0 Å². The third-order valence-corrected chi connectivity index (χ3v) is 3.69. The molecule has 0 N–H and O–H groups in total. The fraction of sp³-hybridized carbons (Fsp3) is 0.462. The van der Waals surface area contributed by atoms with Gasteiger partial charge >= 0.3 is 0 Å². The van der Waals surface area contributed by atoms with Crippen LogP contribution in [-0.4, -0.2) is 18.0 Å². The summed E-state index contributed by atoms with van der Waals surface area (Å²) < 4.78 is 5.63. The molecule has 2 rings (SSSR count). The molecule has 1 aromatic rings. The molecule has 1 aliphatic rings. The van der Waals surface area contributed by atoms with Gasteiger partial charge in [0.1, 0.15) is 5.60 Å². The van der Waals surface area contributed by atoms with Crippen molar-refractivity contribution in [2.75, 3.05) is 6.61 Å². The molecule has 0 saturated carbocycles. The number of rotatable bonds is 2. The Morgan fingerprint density at radius 1 is 1.35 bits per heavy atom. The molecule has 0 radical (unpaired) electrons. The first-order valence-electron chi connectivity index (χ1n) is 5.67. The summed E-state index contributed by atoms with van der Waals surface area (Å²) in [5, 5.41) is 0.937. The van der Waals surface area contributed by atoms with Crippen molar-refractivity contribution >= 4 is 29.0 Å². The molecule has 1 aliphatic heterocycles. The van der Waals surface area contributed by atoms with E-state index in [4.69, 9.17) is 27.9 Å². The predicted molar refractivity (Wildman–Crippen MR) is 69.0 cm³/mol. The van der Waals surface area contributed by atoms with Gasteiger partial charge in [-0.25, -0.2) is 0 Å². The Kier molecular flexibility index (Phi) is 3.76. The molecule has 0 aliphatic carbocycles. The molecular formula is C13H14Cl2O2. The highest BCUT2D eigenvalue weighted by Gasteiger charge is 2.37. The minimum atomic E-state index is -0.757. The van der Waals surface area contributed by atoms with Gasteiger partial charge in [0.25, 0.3) is 0 Å². The second kappa shape index (κ2) is 4.97. The van der Waals surface area contributed by atoms with Crippen LogP contribution in [0.25, 0.3) is 0 Å². The number of carbonyl (C=O) groups excluding carboxylic acids is 1. The average Bonchev–Trinajstić information content (AvgIpc) is 2.32. The molecule has 1 saturated heterocycles. The maximum atomic E-state index is 12.4. The van der Waals surface area contributed by atoms with E-state index in [1.165, 1.54) is 0 Å². The summed E-state index contributed by atoms with van der Waals surface area (Å²) in [6.45, 7) is 2.45. The van der Waals surface area contributed by atoms with Crippen molar-refractivity contribution in [3.05, 3.63) is 33.8 Å². The molecule has 1 heterocycles. The second-order valence-corrected chi connectivity index (χ2v) is 5.33. The standard InChI is InChI=1S/C13H14Cl2O2/c1-13(6-2-3-7-17-13)12(16)10-8-9(14)4-5-11(10)15/h4-5,8H,2-3,6-7H2,1H3. The van der Waals surface area contributed by atoms with Gasteiger partial charge in [-0.15, -0.1) is 0 Å². The molecule has 0 amide bonds. The second-order valence-electron chi connectivity index (χ2n) is 4.49. The molecular weight excluding hydrogens is 259 g/mol. The summed E-state index contributed by atoms with van der Waals surface area (Å²) in [7, 11) is 0. The van der Waals surface area contributed by atoms with E-state index in [2.05, 4.69) is 0 Å². The molecule has 0 bridgehead atoms. The Bertz CT molecular complexity index is 437. The summed E-state index contributed by atoms with van der Waals surface area (Å²) >= 11 is 11.9. The fourth-order valence-electron chi connectivity index (χ4n) is 2.07. The molecule has 4 heteroatoms. The zero-order valence-electron chi connectivity index (χ0n) is 9.63. The van der Waals surface area contributed by atoms with Crippen LogP contribution in [0.3, 0.4) is 0 Å². The van der Waals surface area contributed by atoms with Gasteiger partial charge in [0.05, 0.1) is 5.02 Å². The number of benzene rings is 1. The van der Waals surface area contributed by atoms with Gasteiger partial charge in [0.2, 0.25) is 0 Å². The quantitative estimate of drug-likeness (QED) is 0.757. The maximum absolute atomic E-state index is 12.4. The largest absolute Gasteiger partial charge is 0.367 e. The maximum Gasteiger partial charge on any atom is 0.195 e. The lowest BCUT2D eigenvalue weighted by Crippen LogP contribution is -2.41. The third-order valence-electron chi connectivity index (χ3n) is 3.12. The van der Waals surface area contributed by atoms with E-state index < -0.39 is 5.60 Å². The Labute approximate surface area is 111 Å². The summed E-state index contributed by atoms with van der Waals surface area (Å²) in [4.78, 5) is 12.4. The normalized spacial score (nSPS) is 24.6. The van der Waals surface area contributed by atoms with Gasteiger partial charge < -0.3 is 4.74 Å². The van der Waals surface area contributed by atoms with E-state index in [9.17, 15) is 4.79 Å². The lowest BCUT2D eigenvalue weighted by atomic mass is 9.88. The smallest absolute Gasteiger partial charge is 0.195 e. The Morgan fingerprint density at radius 2 is 2.12 bits per heavy atom. The van der Waals surface area contributed by atoms with E-state index in [1.807, 2.05) is 6.92 Å². The number of carbonyl (C=O) groups is 1. The van der Waals surface area contributed by atoms with Gasteiger partial charge in [-0.05, 0) is 44.4 Å². The highest BCUT2D eigenvalue weighted by Crippen LogP contribution is 2.31. The SMILES string of the molecule is CC1(C(=O)c2cc(Cl)ccc2Cl)CCCCO1. The van der Waals surface area contributed by atoms with E-state index >= 15 is 0 Å². The highest BCUT2D eigenvalue weighted by atomic mass is 35.5. The summed E-state index contributed by atoms with van der Waals surface area (Å²) in [5.74, 6) is -0.0790. The minimum Gasteiger partial charge on any atom is -0.367 e. The Hall–Kier alpha value is -0.570. The molecule has 17 heavy (non-hydrogen) atoms. The van der Waals surface area contributed by atoms with Gasteiger partial charge in [0.15, 0.2) is 5.78 Å². The number of halogens is 2. The lowest BCUT2D eigenvalue weighted by molar-refractivity contribution is -0.0426. The number of ether oxygens (including phenoxy) is 1. The zero-order valence-corrected chi connectivity index (χ0v) is 11.1. The molecule has 0 aromatic heterocycles. The first-order valence-corrected chi connectivity index (χ1v) is 6.42. The van der Waals surface area contributed by atoms with Crippen LogP contribution in [0.15, 0.2) is 18.2 Å². The van der Waals surface area contributed by atoms with Crippen LogP contribution < -0.4 is 0 Å².